The van der Waals surface area contributed by atoms with Crippen molar-refractivity contribution in [2.45, 2.75) is 45.4 Å². The van der Waals surface area contributed by atoms with Gasteiger partial charge in [0, 0.05) is 0 Å². The fourth-order valence-corrected chi connectivity index (χ4v) is 1.52. The Balaban J connectivity index is 2.54. The van der Waals surface area contributed by atoms with Gasteiger partial charge in [0.1, 0.15) is 0 Å². The van der Waals surface area contributed by atoms with Crippen LogP contribution in [-0.4, -0.2) is 16.9 Å². The molecule has 2 unspecified atom stereocenters. The van der Waals surface area contributed by atoms with Gasteiger partial charge in [0.2, 0.25) is 0 Å². The summed E-state index contributed by atoms with van der Waals surface area (Å²) in [7, 11) is 0. The van der Waals surface area contributed by atoms with Gasteiger partial charge in [-0.3, -0.25) is 0 Å². The lowest BCUT2D eigenvalue weighted by molar-refractivity contribution is -0.256. The number of hydrogen-bond donors (Lipinski definition) is 1. The van der Waals surface area contributed by atoms with Gasteiger partial charge in [-0.15, -0.1) is 0 Å². The quantitative estimate of drug-likeness (QED) is 0.720. The Morgan fingerprint density at radius 3 is 2.00 bits per heavy atom. The monoisotopic (exact) mass is 196 g/mol. The van der Waals surface area contributed by atoms with Crippen molar-refractivity contribution in [3.05, 3.63) is 0 Å². The smallest absolute Gasteiger partial charge is 0.381 e. The van der Waals surface area contributed by atoms with Crippen LogP contribution in [0.2, 0.25) is 0 Å². The van der Waals surface area contributed by atoms with Crippen LogP contribution in [0.15, 0.2) is 0 Å². The molecule has 0 aromatic rings. The summed E-state index contributed by atoms with van der Waals surface area (Å²) in [4.78, 5) is 0. The third-order valence-corrected chi connectivity index (χ3v) is 2.97. The van der Waals surface area contributed by atoms with Crippen molar-refractivity contribution in [3.63, 3.8) is 0 Å². The van der Waals surface area contributed by atoms with Crippen LogP contribution < -0.4 is 0 Å². The molecule has 1 aliphatic rings. The maximum Gasteiger partial charge on any atom is 0.416 e. The normalized spacial score (nSPS) is 31.2. The highest BCUT2D eigenvalue weighted by Crippen LogP contribution is 2.56. The van der Waals surface area contributed by atoms with Crippen LogP contribution in [0.25, 0.3) is 0 Å². The Kier molecular flexibility index (Phi) is 2.19. The third kappa shape index (κ3) is 2.16. The van der Waals surface area contributed by atoms with E-state index in [9.17, 15) is 13.2 Å². The molecule has 0 heterocycles. The molecule has 2 atom stereocenters. The van der Waals surface area contributed by atoms with Gasteiger partial charge in [-0.05, 0) is 31.1 Å². The third-order valence-electron chi connectivity index (χ3n) is 2.97. The van der Waals surface area contributed by atoms with Crippen molar-refractivity contribution in [1.82, 2.24) is 0 Å². The van der Waals surface area contributed by atoms with E-state index < -0.39 is 11.8 Å². The van der Waals surface area contributed by atoms with Gasteiger partial charge in [0.15, 0.2) is 5.60 Å². The molecule has 0 spiro atoms. The maximum atomic E-state index is 12.2. The fourth-order valence-electron chi connectivity index (χ4n) is 1.52. The minimum atomic E-state index is -4.51. The van der Waals surface area contributed by atoms with Crippen LogP contribution in [0.4, 0.5) is 13.2 Å². The molecule has 1 saturated carbocycles. The van der Waals surface area contributed by atoms with E-state index in [1.165, 1.54) is 0 Å². The van der Waals surface area contributed by atoms with E-state index in [1.807, 2.05) is 13.8 Å². The first-order valence-electron chi connectivity index (χ1n) is 4.35. The van der Waals surface area contributed by atoms with Crippen LogP contribution in [0.3, 0.4) is 0 Å². The molecule has 4 heteroatoms. The van der Waals surface area contributed by atoms with E-state index >= 15 is 0 Å². The Bertz CT molecular complexity index is 205. The number of aliphatic hydroxyl groups is 1. The number of alkyl halides is 3. The second-order valence-electron chi connectivity index (χ2n) is 4.87. The highest BCUT2D eigenvalue weighted by molar-refractivity contribution is 5.00. The van der Waals surface area contributed by atoms with Crippen LogP contribution in [0.5, 0.6) is 0 Å². The van der Waals surface area contributed by atoms with Crippen LogP contribution in [-0.2, 0) is 0 Å². The second kappa shape index (κ2) is 2.62. The summed E-state index contributed by atoms with van der Waals surface area (Å²) >= 11 is 0. The Hall–Kier alpha value is -0.250. The largest absolute Gasteiger partial charge is 0.416 e. The Morgan fingerprint density at radius 1 is 1.38 bits per heavy atom. The predicted molar refractivity (Wildman–Crippen MR) is 43.2 cm³/mol. The molecular weight excluding hydrogens is 181 g/mol. The average molecular weight is 196 g/mol. The van der Waals surface area contributed by atoms with Crippen LogP contribution >= 0.6 is 0 Å². The first-order valence-corrected chi connectivity index (χ1v) is 4.35. The summed E-state index contributed by atoms with van der Waals surface area (Å²) in [6.45, 7) is 4.69. The maximum absolute atomic E-state index is 12.2. The number of rotatable bonds is 2. The van der Waals surface area contributed by atoms with Gasteiger partial charge in [0.05, 0.1) is 0 Å². The molecule has 1 nitrogen and oxygen atoms in total. The lowest BCUT2D eigenvalue weighted by atomic mass is 9.95. The van der Waals surface area contributed by atoms with Crippen molar-refractivity contribution in [2.75, 3.05) is 0 Å². The van der Waals surface area contributed by atoms with Gasteiger partial charge < -0.3 is 5.11 Å². The van der Waals surface area contributed by atoms with Crippen molar-refractivity contribution in [1.29, 1.82) is 0 Å². The SMILES string of the molecule is CC1(C)CC1CC(C)(O)C(F)(F)F. The lowest BCUT2D eigenvalue weighted by Gasteiger charge is -2.26. The molecule has 1 rings (SSSR count). The highest BCUT2D eigenvalue weighted by Gasteiger charge is 2.56. The Labute approximate surface area is 75.9 Å². The average Bonchev–Trinajstić information content (AvgIpc) is 2.34. The molecule has 13 heavy (non-hydrogen) atoms. The van der Waals surface area contributed by atoms with Gasteiger partial charge in [-0.25, -0.2) is 0 Å². The molecule has 0 amide bonds. The van der Waals surface area contributed by atoms with Gasteiger partial charge in [0.25, 0.3) is 0 Å². The summed E-state index contributed by atoms with van der Waals surface area (Å²) in [5, 5.41) is 9.17. The van der Waals surface area contributed by atoms with Crippen molar-refractivity contribution >= 4 is 0 Å². The molecule has 0 bridgehead atoms. The standard InChI is InChI=1S/C9H15F3O/c1-7(2)4-6(7)5-8(3,13)9(10,11)12/h6,13H,4-5H2,1-3H3. The van der Waals surface area contributed by atoms with Gasteiger partial charge in [-0.2, -0.15) is 13.2 Å². The summed E-state index contributed by atoms with van der Waals surface area (Å²) in [6, 6.07) is 0. The first-order chi connectivity index (χ1) is 5.56. The highest BCUT2D eigenvalue weighted by atomic mass is 19.4. The topological polar surface area (TPSA) is 20.2 Å². The molecule has 0 radical (unpaired) electrons. The molecule has 1 N–H and O–H groups in total. The molecule has 0 aliphatic heterocycles. The summed E-state index contributed by atoms with van der Waals surface area (Å²) in [5.41, 5.74) is -2.54. The first kappa shape index (κ1) is 10.8. The molecule has 0 aromatic carbocycles. The molecular formula is C9H15F3O. The predicted octanol–water partition coefficient (Wildman–Crippen LogP) is 2.74. The molecule has 78 valence electrons. The minimum Gasteiger partial charge on any atom is -0.381 e. The molecule has 0 saturated heterocycles. The van der Waals surface area contributed by atoms with E-state index in [-0.39, 0.29) is 17.8 Å². The second-order valence-corrected chi connectivity index (χ2v) is 4.87. The summed E-state index contributed by atoms with van der Waals surface area (Å²) in [6.07, 6.45) is -3.91. The van der Waals surface area contributed by atoms with E-state index in [0.717, 1.165) is 13.3 Å². The molecule has 0 aromatic heterocycles. The van der Waals surface area contributed by atoms with Crippen molar-refractivity contribution < 1.29 is 18.3 Å². The minimum absolute atomic E-state index is 0.00382. The van der Waals surface area contributed by atoms with Crippen molar-refractivity contribution in [3.8, 4) is 0 Å². The van der Waals surface area contributed by atoms with E-state index in [2.05, 4.69) is 0 Å². The summed E-state index contributed by atoms with van der Waals surface area (Å²) in [5.74, 6) is 0.00382. The van der Waals surface area contributed by atoms with Gasteiger partial charge >= 0.3 is 6.18 Å². The molecule has 1 aliphatic carbocycles. The van der Waals surface area contributed by atoms with Gasteiger partial charge in [-0.1, -0.05) is 13.8 Å². The van der Waals surface area contributed by atoms with E-state index in [4.69, 9.17) is 5.11 Å². The zero-order valence-corrected chi connectivity index (χ0v) is 8.07. The van der Waals surface area contributed by atoms with Crippen LogP contribution in [0, 0.1) is 11.3 Å². The Morgan fingerprint density at radius 2 is 1.77 bits per heavy atom. The molecule has 1 fully saturated rings. The fraction of sp³-hybridized carbons (Fsp3) is 1.00. The van der Waals surface area contributed by atoms with E-state index in [0.29, 0.717) is 0 Å². The number of hydrogen-bond acceptors (Lipinski definition) is 1. The number of halogens is 3. The lowest BCUT2D eigenvalue weighted by Crippen LogP contribution is -2.42. The summed E-state index contributed by atoms with van der Waals surface area (Å²) < 4.78 is 36.7. The van der Waals surface area contributed by atoms with Crippen LogP contribution in [0.1, 0.15) is 33.6 Å². The van der Waals surface area contributed by atoms with E-state index in [1.54, 1.807) is 0 Å². The van der Waals surface area contributed by atoms with Crippen molar-refractivity contribution in [2.24, 2.45) is 11.3 Å². The zero-order chi connectivity index (χ0) is 10.5. The zero-order valence-electron chi connectivity index (χ0n) is 8.07.